The summed E-state index contributed by atoms with van der Waals surface area (Å²) in [6.45, 7) is 4.60. The molecule has 0 aliphatic carbocycles. The lowest BCUT2D eigenvalue weighted by Crippen LogP contribution is -2.16. The van der Waals surface area contributed by atoms with E-state index in [4.69, 9.17) is 0 Å². The number of alkyl halides is 1. The summed E-state index contributed by atoms with van der Waals surface area (Å²) in [6.07, 6.45) is 6.37. The van der Waals surface area contributed by atoms with Crippen molar-refractivity contribution in [1.29, 1.82) is 0 Å². The fourth-order valence-electron chi connectivity index (χ4n) is 2.95. The minimum Gasteiger partial charge on any atom is -0.0884 e. The number of benzene rings is 2. The second-order valence-electron chi connectivity index (χ2n) is 5.67. The normalized spacial score (nSPS) is 14.3. The van der Waals surface area contributed by atoms with Gasteiger partial charge >= 0.3 is 0 Å². The summed E-state index contributed by atoms with van der Waals surface area (Å²) >= 11 is 3.96. The number of hydrogen-bond acceptors (Lipinski definition) is 0. The zero-order valence-electron chi connectivity index (χ0n) is 12.6. The third-order valence-corrected chi connectivity index (χ3v) is 5.33. The molecule has 0 amide bonds. The molecule has 2 rings (SSSR count). The maximum atomic E-state index is 3.96. The van der Waals surface area contributed by atoms with E-state index in [-0.39, 0.29) is 0 Å². The summed E-state index contributed by atoms with van der Waals surface area (Å²) < 4.78 is 0. The molecule has 0 radical (unpaired) electrons. The topological polar surface area (TPSA) is 0 Å². The van der Waals surface area contributed by atoms with E-state index in [9.17, 15) is 0 Å². The Morgan fingerprint density at radius 2 is 1.75 bits per heavy atom. The lowest BCUT2D eigenvalue weighted by Gasteiger charge is -2.21. The summed E-state index contributed by atoms with van der Waals surface area (Å²) in [6, 6.07) is 15.4. The zero-order chi connectivity index (χ0) is 14.4. The van der Waals surface area contributed by atoms with E-state index in [0.717, 1.165) is 12.3 Å². The molecule has 2 atom stereocenters. The quantitative estimate of drug-likeness (QED) is 0.517. The van der Waals surface area contributed by atoms with Crippen molar-refractivity contribution in [3.8, 4) is 0 Å². The van der Waals surface area contributed by atoms with Crippen molar-refractivity contribution in [3.05, 3.63) is 48.0 Å². The van der Waals surface area contributed by atoms with E-state index in [1.807, 2.05) is 0 Å². The van der Waals surface area contributed by atoms with Crippen molar-refractivity contribution < 1.29 is 0 Å². The number of fused-ring (bicyclic) bond motifs is 1. The van der Waals surface area contributed by atoms with Crippen LogP contribution in [0, 0.1) is 5.92 Å². The molecule has 2 aromatic rings. The second kappa shape index (κ2) is 7.83. The van der Waals surface area contributed by atoms with Gasteiger partial charge in [0.1, 0.15) is 0 Å². The van der Waals surface area contributed by atoms with Gasteiger partial charge in [0.05, 0.1) is 0 Å². The Morgan fingerprint density at radius 3 is 2.50 bits per heavy atom. The molecule has 2 unspecified atom stereocenters. The lowest BCUT2D eigenvalue weighted by atomic mass is 9.91. The van der Waals surface area contributed by atoms with Gasteiger partial charge in [-0.15, -0.1) is 0 Å². The summed E-state index contributed by atoms with van der Waals surface area (Å²) in [5.41, 5.74) is 1.47. The van der Waals surface area contributed by atoms with Crippen molar-refractivity contribution in [3.63, 3.8) is 0 Å². The molecule has 0 aromatic heterocycles. The molecule has 20 heavy (non-hydrogen) atoms. The van der Waals surface area contributed by atoms with Gasteiger partial charge in [0.25, 0.3) is 0 Å². The number of unbranched alkanes of at least 4 members (excludes halogenated alkanes) is 1. The van der Waals surface area contributed by atoms with Crippen LogP contribution in [0.5, 0.6) is 0 Å². The molecule has 0 saturated heterocycles. The maximum absolute atomic E-state index is 3.96. The average Bonchev–Trinajstić information content (AvgIpc) is 2.48. The summed E-state index contributed by atoms with van der Waals surface area (Å²) in [5.74, 6) is 0.786. The predicted molar refractivity (Wildman–Crippen MR) is 93.7 cm³/mol. The second-order valence-corrected chi connectivity index (χ2v) is 6.85. The highest BCUT2D eigenvalue weighted by Crippen LogP contribution is 2.28. The van der Waals surface area contributed by atoms with Gasteiger partial charge < -0.3 is 0 Å². The van der Waals surface area contributed by atoms with Crippen molar-refractivity contribution in [2.45, 2.75) is 50.8 Å². The number of hydrogen-bond donors (Lipinski definition) is 0. The van der Waals surface area contributed by atoms with E-state index >= 15 is 0 Å². The SMILES string of the molecule is CCCCC(CC)C(Br)Cc1cccc2ccccc12. The van der Waals surface area contributed by atoms with Crippen molar-refractivity contribution in [2.24, 2.45) is 5.92 Å². The molecule has 0 heterocycles. The third kappa shape index (κ3) is 3.85. The number of rotatable bonds is 7. The highest BCUT2D eigenvalue weighted by Gasteiger charge is 2.17. The molecule has 0 spiro atoms. The first-order valence-electron chi connectivity index (χ1n) is 7.87. The van der Waals surface area contributed by atoms with Crippen molar-refractivity contribution in [2.75, 3.05) is 0 Å². The monoisotopic (exact) mass is 332 g/mol. The molecule has 1 heteroatoms. The fraction of sp³-hybridized carbons (Fsp3) is 0.474. The first-order valence-corrected chi connectivity index (χ1v) is 8.78. The average molecular weight is 333 g/mol. The standard InChI is InChI=1S/C19H25Br/c1-3-5-9-15(4-2)19(20)14-17-12-8-11-16-10-6-7-13-18(16)17/h6-8,10-13,15,19H,3-5,9,14H2,1-2H3. The predicted octanol–water partition coefficient (Wildman–Crippen LogP) is 6.36. The highest BCUT2D eigenvalue weighted by atomic mass is 79.9. The van der Waals surface area contributed by atoms with E-state index < -0.39 is 0 Å². The molecule has 0 N–H and O–H groups in total. The Hall–Kier alpha value is -0.820. The first-order chi connectivity index (χ1) is 9.76. The van der Waals surface area contributed by atoms with Crippen LogP contribution in [-0.4, -0.2) is 4.83 Å². The van der Waals surface area contributed by atoms with Gasteiger partial charge in [0.15, 0.2) is 0 Å². The van der Waals surface area contributed by atoms with Gasteiger partial charge in [-0.25, -0.2) is 0 Å². The Labute approximate surface area is 131 Å². The smallest absolute Gasteiger partial charge is 0.0214 e. The summed E-state index contributed by atoms with van der Waals surface area (Å²) in [5, 5.41) is 2.76. The van der Waals surface area contributed by atoms with Gasteiger partial charge in [-0.1, -0.05) is 91.5 Å². The molecule has 0 bridgehead atoms. The molecule has 2 aromatic carbocycles. The van der Waals surface area contributed by atoms with Crippen LogP contribution in [-0.2, 0) is 6.42 Å². The van der Waals surface area contributed by atoms with Crippen LogP contribution < -0.4 is 0 Å². The zero-order valence-corrected chi connectivity index (χ0v) is 14.2. The van der Waals surface area contributed by atoms with E-state index in [1.54, 1.807) is 0 Å². The third-order valence-electron chi connectivity index (χ3n) is 4.26. The van der Waals surface area contributed by atoms with Crippen LogP contribution in [0.15, 0.2) is 42.5 Å². The van der Waals surface area contributed by atoms with E-state index in [2.05, 4.69) is 72.2 Å². The molecule has 0 saturated carbocycles. The van der Waals surface area contributed by atoms with Gasteiger partial charge in [-0.3, -0.25) is 0 Å². The molecule has 108 valence electrons. The van der Waals surface area contributed by atoms with Gasteiger partial charge in [0, 0.05) is 4.83 Å². The minimum atomic E-state index is 0.588. The van der Waals surface area contributed by atoms with Crippen molar-refractivity contribution in [1.82, 2.24) is 0 Å². The molecule has 0 nitrogen and oxygen atoms in total. The minimum absolute atomic E-state index is 0.588. The Kier molecular flexibility index (Phi) is 6.09. The van der Waals surface area contributed by atoms with Crippen LogP contribution >= 0.6 is 15.9 Å². The van der Waals surface area contributed by atoms with Crippen LogP contribution in [0.3, 0.4) is 0 Å². The first kappa shape index (κ1) is 15.6. The molecule has 0 aliphatic rings. The number of halogens is 1. The Bertz CT molecular complexity index is 527. The van der Waals surface area contributed by atoms with Gasteiger partial charge in [-0.05, 0) is 35.1 Å². The lowest BCUT2D eigenvalue weighted by molar-refractivity contribution is 0.438. The largest absolute Gasteiger partial charge is 0.0884 e. The van der Waals surface area contributed by atoms with Crippen molar-refractivity contribution >= 4 is 26.7 Å². The van der Waals surface area contributed by atoms with Crippen LogP contribution in [0.4, 0.5) is 0 Å². The Morgan fingerprint density at radius 1 is 1.00 bits per heavy atom. The van der Waals surface area contributed by atoms with Crippen LogP contribution in [0.2, 0.25) is 0 Å². The van der Waals surface area contributed by atoms with Crippen LogP contribution in [0.25, 0.3) is 10.8 Å². The fourth-order valence-corrected chi connectivity index (χ4v) is 3.94. The summed E-state index contributed by atoms with van der Waals surface area (Å²) in [7, 11) is 0. The van der Waals surface area contributed by atoms with Gasteiger partial charge in [-0.2, -0.15) is 0 Å². The van der Waals surface area contributed by atoms with E-state index in [0.29, 0.717) is 4.83 Å². The Balaban J connectivity index is 2.14. The maximum Gasteiger partial charge on any atom is 0.0214 e. The van der Waals surface area contributed by atoms with Crippen LogP contribution in [0.1, 0.15) is 45.1 Å². The van der Waals surface area contributed by atoms with Gasteiger partial charge in [0.2, 0.25) is 0 Å². The molecular weight excluding hydrogens is 308 g/mol. The highest BCUT2D eigenvalue weighted by molar-refractivity contribution is 9.09. The van der Waals surface area contributed by atoms with E-state index in [1.165, 1.54) is 42.0 Å². The molecule has 0 fully saturated rings. The molecular formula is C19H25Br. The molecule has 0 aliphatic heterocycles. The summed E-state index contributed by atoms with van der Waals surface area (Å²) in [4.78, 5) is 0.588.